The zero-order chi connectivity index (χ0) is 45.0. The van der Waals surface area contributed by atoms with E-state index in [0.717, 1.165) is 91.6 Å². The second-order valence-corrected chi connectivity index (χ2v) is 17.0. The summed E-state index contributed by atoms with van der Waals surface area (Å²) in [6, 6.07) is 36.3. The molecule has 340 valence electrons. The Morgan fingerprint density at radius 1 is 0.785 bits per heavy atom. The van der Waals surface area contributed by atoms with Gasteiger partial charge >= 0.3 is 0 Å². The molecule has 2 aromatic heterocycles. The summed E-state index contributed by atoms with van der Waals surface area (Å²) in [5.74, 6) is 2.65. The van der Waals surface area contributed by atoms with Crippen LogP contribution in [0.15, 0.2) is 116 Å². The molecule has 4 N–H and O–H groups in total. The first-order valence-corrected chi connectivity index (χ1v) is 23.2. The Morgan fingerprint density at radius 3 is 2.32 bits per heavy atom. The molecule has 8 rings (SSSR count). The lowest BCUT2D eigenvalue weighted by molar-refractivity contribution is 0.112. The Kier molecular flexibility index (Phi) is 15.5. The van der Waals surface area contributed by atoms with Crippen LogP contribution in [0.5, 0.6) is 17.2 Å². The van der Waals surface area contributed by atoms with Crippen LogP contribution in [0.2, 0.25) is 0 Å². The van der Waals surface area contributed by atoms with Crippen LogP contribution in [-0.2, 0) is 19.4 Å². The minimum absolute atomic E-state index is 0.127. The third-order valence-corrected chi connectivity index (χ3v) is 12.8. The fourth-order valence-corrected chi connectivity index (χ4v) is 9.23. The van der Waals surface area contributed by atoms with Gasteiger partial charge in [-0.2, -0.15) is 0 Å². The Morgan fingerprint density at radius 2 is 1.54 bits per heavy atom. The van der Waals surface area contributed by atoms with Crippen LogP contribution >= 0.6 is 0 Å². The van der Waals surface area contributed by atoms with E-state index in [1.54, 1.807) is 32.5 Å². The van der Waals surface area contributed by atoms with Gasteiger partial charge in [0.05, 0.1) is 25.6 Å². The molecule has 13 nitrogen and oxygen atoms in total. The molecule has 0 radical (unpaired) electrons. The van der Waals surface area contributed by atoms with E-state index in [1.807, 2.05) is 30.5 Å². The van der Waals surface area contributed by atoms with Gasteiger partial charge in [-0.05, 0) is 123 Å². The van der Waals surface area contributed by atoms with Gasteiger partial charge in [0.1, 0.15) is 11.9 Å². The summed E-state index contributed by atoms with van der Waals surface area (Å²) < 4.78 is 10.9. The third kappa shape index (κ3) is 11.6. The number of benzene rings is 4. The Balaban J connectivity index is 1.12. The lowest BCUT2D eigenvalue weighted by Gasteiger charge is -2.45. The number of methoxy groups -OCH3 is 2. The Labute approximate surface area is 384 Å². The zero-order valence-corrected chi connectivity index (χ0v) is 38.3. The highest BCUT2D eigenvalue weighted by molar-refractivity contribution is 5.63. The molecule has 13 heteroatoms. The fourth-order valence-electron chi connectivity index (χ4n) is 9.23. The van der Waals surface area contributed by atoms with Gasteiger partial charge < -0.3 is 35.4 Å². The van der Waals surface area contributed by atoms with Crippen molar-refractivity contribution >= 4 is 11.9 Å². The number of rotatable bonds is 19. The average Bonchev–Trinajstić information content (AvgIpc) is 3.35. The molecule has 2 atom stereocenters. The van der Waals surface area contributed by atoms with Crippen LogP contribution in [0.25, 0.3) is 22.5 Å². The number of aromatic hydroxyl groups is 1. The molecule has 0 aliphatic carbocycles. The molecule has 4 aromatic carbocycles. The van der Waals surface area contributed by atoms with Crippen LogP contribution < -0.4 is 30.3 Å². The van der Waals surface area contributed by atoms with Crippen molar-refractivity contribution in [3.63, 3.8) is 0 Å². The topological polar surface area (TPSA) is 136 Å². The summed E-state index contributed by atoms with van der Waals surface area (Å²) in [5, 5.41) is 20.8. The molecule has 2 saturated heterocycles. The zero-order valence-electron chi connectivity index (χ0n) is 38.3. The number of phenolic OH excluding ortho intramolecular Hbond substituents is 1. The summed E-state index contributed by atoms with van der Waals surface area (Å²) >= 11 is 0. The Hall–Kier alpha value is -6.12. The van der Waals surface area contributed by atoms with Crippen molar-refractivity contribution in [3.05, 3.63) is 138 Å². The van der Waals surface area contributed by atoms with Crippen LogP contribution in [0.3, 0.4) is 0 Å². The van der Waals surface area contributed by atoms with Crippen LogP contribution in [-0.4, -0.2) is 114 Å². The number of piperazine rings is 1. The number of ether oxygens (including phenoxy) is 2. The summed E-state index contributed by atoms with van der Waals surface area (Å²) in [6.07, 6.45) is 7.33. The van der Waals surface area contributed by atoms with Gasteiger partial charge in [0.15, 0.2) is 11.5 Å². The number of nitrogens with one attached hydrogen (secondary N) is 3. The van der Waals surface area contributed by atoms with E-state index < -0.39 is 0 Å². The average molecular weight is 877 g/mol. The van der Waals surface area contributed by atoms with Crippen molar-refractivity contribution in [2.75, 3.05) is 76.8 Å². The monoisotopic (exact) mass is 877 g/mol. The van der Waals surface area contributed by atoms with E-state index >= 15 is 0 Å². The molecule has 2 aliphatic heterocycles. The minimum atomic E-state index is -0.192. The molecule has 0 spiro atoms. The molecule has 4 heterocycles. The highest BCUT2D eigenvalue weighted by Gasteiger charge is 2.34. The summed E-state index contributed by atoms with van der Waals surface area (Å²) in [7, 11) is 3.26. The second-order valence-electron chi connectivity index (χ2n) is 17.0. The number of hydrogen-bond acceptors (Lipinski definition) is 13. The van der Waals surface area contributed by atoms with Crippen molar-refractivity contribution < 1.29 is 14.6 Å². The van der Waals surface area contributed by atoms with E-state index in [1.165, 1.54) is 24.0 Å². The quantitative estimate of drug-likeness (QED) is 0.0637. The van der Waals surface area contributed by atoms with Gasteiger partial charge in [-0.25, -0.2) is 19.9 Å². The molecule has 2 aliphatic rings. The first kappa shape index (κ1) is 45.4. The molecule has 0 bridgehead atoms. The number of piperidine rings is 1. The van der Waals surface area contributed by atoms with Crippen LogP contribution in [0, 0.1) is 0 Å². The first-order chi connectivity index (χ1) is 31.9. The van der Waals surface area contributed by atoms with Gasteiger partial charge in [-0.3, -0.25) is 9.80 Å². The molecular weight excluding hydrogens is 813 g/mol. The molecule has 65 heavy (non-hydrogen) atoms. The number of phenols is 1. The van der Waals surface area contributed by atoms with Crippen molar-refractivity contribution in [1.29, 1.82) is 0 Å². The van der Waals surface area contributed by atoms with E-state index in [-0.39, 0.29) is 18.0 Å². The minimum Gasteiger partial charge on any atom is -0.504 e. The SMILES string of the molecule is CCN(Cc1cccc(-c2ccnc(N(CCc3cccc(OC)c3)C(c3cccc(-c4ccnc(NCCc5ccc(OC)c(O)c5)n4)c3)N3CCNC[C@@H]3C)n2)c1)C1CCNCC1. The lowest BCUT2D eigenvalue weighted by Crippen LogP contribution is -2.55. The molecule has 0 saturated carbocycles. The summed E-state index contributed by atoms with van der Waals surface area (Å²) in [6.45, 7) is 12.5. The molecule has 6 aromatic rings. The fraction of sp³-hybridized carbons (Fsp3) is 0.385. The Bertz CT molecular complexity index is 2460. The van der Waals surface area contributed by atoms with Gasteiger partial charge in [-0.15, -0.1) is 0 Å². The maximum atomic E-state index is 10.3. The highest BCUT2D eigenvalue weighted by atomic mass is 16.5. The van der Waals surface area contributed by atoms with Crippen molar-refractivity contribution in [2.24, 2.45) is 0 Å². The van der Waals surface area contributed by atoms with Gasteiger partial charge in [0.2, 0.25) is 11.9 Å². The standard InChI is InChI=1S/C52H64N10O3/c1-5-60(44-18-23-53-24-19-44)36-40-10-6-11-41(31-40)47-21-27-57-52(59-47)62(29-22-38-9-7-14-45(32-38)64-3)50(61-30-28-54-35-37(61)2)43-13-8-12-42(34-43)46-20-26-56-51(58-46)55-25-17-39-15-16-49(65-4)48(63)33-39/h6-16,20-21,26-27,31-34,37,44,50,53-54,63H,5,17-19,22-25,28-30,35-36H2,1-4H3,(H,55,56,58)/t37-,50?/m0/s1. The number of hydrogen-bond donors (Lipinski definition) is 4. The molecular formula is C52H64N10O3. The van der Waals surface area contributed by atoms with Crippen LogP contribution in [0.1, 0.15) is 55.1 Å². The van der Waals surface area contributed by atoms with E-state index in [4.69, 9.17) is 24.4 Å². The lowest BCUT2D eigenvalue weighted by atomic mass is 10.0. The van der Waals surface area contributed by atoms with Gasteiger partial charge in [-0.1, -0.05) is 61.5 Å². The van der Waals surface area contributed by atoms with E-state index in [9.17, 15) is 5.11 Å². The number of anilines is 2. The normalized spacial score (nSPS) is 16.3. The second kappa shape index (κ2) is 22.2. The smallest absolute Gasteiger partial charge is 0.227 e. The summed E-state index contributed by atoms with van der Waals surface area (Å²) in [5.41, 5.74) is 8.39. The maximum Gasteiger partial charge on any atom is 0.227 e. The third-order valence-electron chi connectivity index (χ3n) is 12.8. The number of nitrogens with zero attached hydrogens (tertiary/aromatic N) is 7. The predicted molar refractivity (Wildman–Crippen MR) is 260 cm³/mol. The van der Waals surface area contributed by atoms with Crippen molar-refractivity contribution in [1.82, 2.24) is 40.4 Å². The highest BCUT2D eigenvalue weighted by Crippen LogP contribution is 2.35. The molecule has 1 unspecified atom stereocenters. The predicted octanol–water partition coefficient (Wildman–Crippen LogP) is 7.59. The molecule has 0 amide bonds. The summed E-state index contributed by atoms with van der Waals surface area (Å²) in [4.78, 5) is 27.6. The largest absolute Gasteiger partial charge is 0.504 e. The van der Waals surface area contributed by atoms with Gasteiger partial charge in [0.25, 0.3) is 0 Å². The first-order valence-electron chi connectivity index (χ1n) is 23.2. The maximum absolute atomic E-state index is 10.3. The van der Waals surface area contributed by atoms with E-state index in [0.29, 0.717) is 43.2 Å². The van der Waals surface area contributed by atoms with Crippen molar-refractivity contribution in [2.45, 2.75) is 64.3 Å². The molecule has 2 fully saturated rings. The van der Waals surface area contributed by atoms with Crippen LogP contribution in [0.4, 0.5) is 11.9 Å². The van der Waals surface area contributed by atoms with Crippen molar-refractivity contribution in [3.8, 4) is 39.8 Å². The van der Waals surface area contributed by atoms with E-state index in [2.05, 4.69) is 116 Å². The number of aromatic nitrogens is 4. The van der Waals surface area contributed by atoms with Gasteiger partial charge in [0, 0.05) is 74.9 Å².